The zero-order valence-electron chi connectivity index (χ0n) is 12.3. The molecule has 0 saturated heterocycles. The smallest absolute Gasteiger partial charge is 0.494 e. The summed E-state index contributed by atoms with van der Waals surface area (Å²) in [6.45, 7) is 0.796. The van der Waals surface area contributed by atoms with E-state index in [4.69, 9.17) is 4.74 Å². The van der Waals surface area contributed by atoms with E-state index in [0.717, 1.165) is 29.0 Å². The van der Waals surface area contributed by atoms with Crippen molar-refractivity contribution < 1.29 is 23.6 Å². The van der Waals surface area contributed by atoms with Crippen LogP contribution in [0, 0.1) is 5.38 Å². The predicted octanol–water partition coefficient (Wildman–Crippen LogP) is 2.85. The van der Waals surface area contributed by atoms with Crippen LogP contribution in [0.3, 0.4) is 0 Å². The number of thiol groups is 1. The van der Waals surface area contributed by atoms with Gasteiger partial charge in [0.05, 0.1) is 6.61 Å². The number of halogens is 1. The Morgan fingerprint density at radius 1 is 1.10 bits per heavy atom. The fourth-order valence-electron chi connectivity index (χ4n) is 1.89. The third-order valence-corrected chi connectivity index (χ3v) is 4.88. The molecule has 0 bridgehead atoms. The fraction of sp³-hybridized carbons (Fsp3) is 0.375. The van der Waals surface area contributed by atoms with Crippen LogP contribution in [0.25, 0.3) is 10.4 Å². The van der Waals surface area contributed by atoms with E-state index < -0.39 is 0 Å². The average Bonchev–Trinajstić information content (AvgIpc) is 2.90. The summed E-state index contributed by atoms with van der Waals surface area (Å²) in [5.74, 6) is 1.93. The number of ether oxygens (including phenoxy) is 1. The van der Waals surface area contributed by atoms with Crippen LogP contribution >= 0.6 is 39.9 Å². The molecular formula is C16H18BrLiOS2. The summed E-state index contributed by atoms with van der Waals surface area (Å²) in [7, 11) is 0. The van der Waals surface area contributed by atoms with Gasteiger partial charge >= 0.3 is 18.9 Å². The molecule has 0 atom stereocenters. The van der Waals surface area contributed by atoms with Crippen LogP contribution in [-0.2, 0) is 0 Å². The van der Waals surface area contributed by atoms with Crippen LogP contribution in [-0.4, -0.2) is 12.4 Å². The minimum Gasteiger partial charge on any atom is -0.494 e. The molecule has 0 unspecified atom stereocenters. The molecule has 0 N–H and O–H groups in total. The quantitative estimate of drug-likeness (QED) is 0.322. The van der Waals surface area contributed by atoms with E-state index >= 15 is 0 Å². The summed E-state index contributed by atoms with van der Waals surface area (Å²) in [4.78, 5) is 1.22. The summed E-state index contributed by atoms with van der Waals surface area (Å²) in [5, 5.41) is 3.16. The van der Waals surface area contributed by atoms with Gasteiger partial charge in [-0.25, -0.2) is 0 Å². The molecule has 0 spiro atoms. The molecule has 1 heterocycles. The molecule has 108 valence electrons. The molecule has 0 aliphatic carbocycles. The predicted molar refractivity (Wildman–Crippen MR) is 94.1 cm³/mol. The molecule has 1 aromatic carbocycles. The second-order valence-electron chi connectivity index (χ2n) is 4.57. The van der Waals surface area contributed by atoms with Crippen LogP contribution in [0.4, 0.5) is 0 Å². The van der Waals surface area contributed by atoms with Crippen LogP contribution in [0.15, 0.2) is 34.8 Å². The summed E-state index contributed by atoms with van der Waals surface area (Å²) in [6, 6.07) is 10.4. The van der Waals surface area contributed by atoms with Crippen molar-refractivity contribution in [2.75, 3.05) is 12.4 Å². The first kappa shape index (κ1) is 19.2. The molecule has 0 aliphatic rings. The van der Waals surface area contributed by atoms with E-state index in [1.165, 1.54) is 29.7 Å². The van der Waals surface area contributed by atoms with Gasteiger partial charge in [0.2, 0.25) is 0 Å². The van der Waals surface area contributed by atoms with Gasteiger partial charge in [-0.05, 0) is 30.7 Å². The Balaban J connectivity index is 0.00000220. The normalized spacial score (nSPS) is 10.2. The van der Waals surface area contributed by atoms with Crippen molar-refractivity contribution in [3.8, 4) is 16.2 Å². The largest absolute Gasteiger partial charge is 1.00 e. The van der Waals surface area contributed by atoms with Crippen molar-refractivity contribution >= 4 is 39.9 Å². The van der Waals surface area contributed by atoms with Crippen molar-refractivity contribution in [2.24, 2.45) is 0 Å². The van der Waals surface area contributed by atoms with E-state index in [9.17, 15) is 0 Å². The molecule has 5 heteroatoms. The molecule has 0 aliphatic heterocycles. The Bertz CT molecular complexity index is 513. The molecular weight excluding hydrogens is 359 g/mol. The van der Waals surface area contributed by atoms with Crippen LogP contribution < -0.4 is 23.6 Å². The zero-order valence-corrected chi connectivity index (χ0v) is 15.6. The SMILES string of the molecule is SCCCCCCOc1ccc(-c2cc(Br)[c-]s2)cc1.[Li+]. The summed E-state index contributed by atoms with van der Waals surface area (Å²) in [5.41, 5.74) is 1.21. The Hall–Kier alpha value is 0.147. The van der Waals surface area contributed by atoms with Crippen molar-refractivity contribution in [1.82, 2.24) is 0 Å². The van der Waals surface area contributed by atoms with Gasteiger partial charge in [-0.1, -0.05) is 50.9 Å². The van der Waals surface area contributed by atoms with Crippen molar-refractivity contribution in [3.63, 3.8) is 0 Å². The van der Waals surface area contributed by atoms with Gasteiger partial charge in [-0.3, -0.25) is 11.3 Å². The first-order chi connectivity index (χ1) is 9.79. The molecule has 1 nitrogen and oxygen atoms in total. The minimum absolute atomic E-state index is 0. The maximum atomic E-state index is 5.75. The Kier molecular flexibility index (Phi) is 9.88. The van der Waals surface area contributed by atoms with Crippen LogP contribution in [0.1, 0.15) is 25.7 Å². The number of hydrogen-bond acceptors (Lipinski definition) is 3. The summed E-state index contributed by atoms with van der Waals surface area (Å²) in [6.07, 6.45) is 4.78. The zero-order chi connectivity index (χ0) is 14.2. The van der Waals surface area contributed by atoms with Gasteiger partial charge in [0.25, 0.3) is 0 Å². The molecule has 2 rings (SSSR count). The van der Waals surface area contributed by atoms with Crippen molar-refractivity contribution in [1.29, 1.82) is 0 Å². The topological polar surface area (TPSA) is 9.23 Å². The third kappa shape index (κ3) is 6.84. The number of rotatable bonds is 8. The maximum Gasteiger partial charge on any atom is 1.00 e. The molecule has 0 amide bonds. The standard InChI is InChI=1S/C16H18BrOS2.Li/c17-14-11-16(20-12-14)13-5-7-15(8-6-13)18-9-3-1-2-4-10-19;/h5-8,11,19H,1-4,9-10H2;/q-1;+1. The minimum atomic E-state index is 0. The molecule has 1 aromatic heterocycles. The van der Waals surface area contributed by atoms with Gasteiger partial charge in [-0.2, -0.15) is 18.7 Å². The third-order valence-electron chi connectivity index (χ3n) is 2.98. The Morgan fingerprint density at radius 2 is 1.81 bits per heavy atom. The van der Waals surface area contributed by atoms with Gasteiger partial charge in [0.1, 0.15) is 5.75 Å². The molecule has 0 saturated carbocycles. The average molecular weight is 377 g/mol. The van der Waals surface area contributed by atoms with Gasteiger partial charge in [-0.15, -0.1) is 10.3 Å². The Labute approximate surface area is 157 Å². The second kappa shape index (κ2) is 10.8. The van der Waals surface area contributed by atoms with Crippen LogP contribution in [0.2, 0.25) is 0 Å². The molecule has 0 fully saturated rings. The number of thiophene rings is 1. The number of unbranched alkanes of at least 4 members (excludes halogenated alkanes) is 3. The maximum absolute atomic E-state index is 5.75. The van der Waals surface area contributed by atoms with Crippen molar-refractivity contribution in [3.05, 3.63) is 40.2 Å². The summed E-state index contributed by atoms with van der Waals surface area (Å²) < 4.78 is 6.76. The molecule has 0 radical (unpaired) electrons. The Morgan fingerprint density at radius 3 is 2.43 bits per heavy atom. The second-order valence-corrected chi connectivity index (χ2v) is 6.72. The van der Waals surface area contributed by atoms with E-state index in [0.29, 0.717) is 0 Å². The monoisotopic (exact) mass is 376 g/mol. The number of benzene rings is 1. The summed E-state index contributed by atoms with van der Waals surface area (Å²) >= 11 is 9.26. The van der Waals surface area contributed by atoms with E-state index in [1.54, 1.807) is 11.3 Å². The number of hydrogen-bond donors (Lipinski definition) is 1. The first-order valence-electron chi connectivity index (χ1n) is 6.80. The molecule has 21 heavy (non-hydrogen) atoms. The first-order valence-corrected chi connectivity index (χ1v) is 9.05. The fourth-order valence-corrected chi connectivity index (χ4v) is 3.44. The van der Waals surface area contributed by atoms with Crippen LogP contribution in [0.5, 0.6) is 5.75 Å². The van der Waals surface area contributed by atoms with Gasteiger partial charge in [0.15, 0.2) is 0 Å². The van der Waals surface area contributed by atoms with Crippen molar-refractivity contribution in [2.45, 2.75) is 25.7 Å². The molecule has 2 aromatic rings. The van der Waals surface area contributed by atoms with Gasteiger partial charge < -0.3 is 4.74 Å². The van der Waals surface area contributed by atoms with E-state index in [1.807, 2.05) is 12.1 Å². The van der Waals surface area contributed by atoms with Gasteiger partial charge in [0, 0.05) is 0 Å². The van der Waals surface area contributed by atoms with E-state index in [2.05, 4.69) is 52.1 Å². The van der Waals surface area contributed by atoms with E-state index in [-0.39, 0.29) is 18.9 Å².